The maximum atomic E-state index is 13.7. The lowest BCUT2D eigenvalue weighted by atomic mass is 10.0. The predicted octanol–water partition coefficient (Wildman–Crippen LogP) is 6.10. The molecule has 1 saturated carbocycles. The van der Waals surface area contributed by atoms with Crippen LogP contribution in [-0.4, -0.2) is 37.6 Å². The van der Waals surface area contributed by atoms with Gasteiger partial charge >= 0.3 is 0 Å². The van der Waals surface area contributed by atoms with Crippen molar-refractivity contribution in [3.8, 4) is 0 Å². The Hall–Kier alpha value is -2.90. The molecule has 1 aliphatic heterocycles. The second-order valence-electron chi connectivity index (χ2n) is 9.22. The molecule has 2 atom stereocenters. The van der Waals surface area contributed by atoms with Gasteiger partial charge in [0.2, 0.25) is 0 Å². The van der Waals surface area contributed by atoms with E-state index in [-0.39, 0.29) is 24.0 Å². The van der Waals surface area contributed by atoms with Crippen LogP contribution in [0.15, 0.2) is 66.7 Å². The lowest BCUT2D eigenvalue weighted by Crippen LogP contribution is -2.37. The molecule has 3 aromatic rings. The number of fused-ring (bicyclic) bond motifs is 1. The minimum Gasteiger partial charge on any atom is -0.380 e. The van der Waals surface area contributed by atoms with Crippen LogP contribution in [0.3, 0.4) is 0 Å². The van der Waals surface area contributed by atoms with Crippen LogP contribution in [0.25, 0.3) is 0 Å². The molecule has 6 nitrogen and oxygen atoms in total. The predicted molar refractivity (Wildman–Crippen MR) is 143 cm³/mol. The molecule has 0 spiro atoms. The molecule has 0 radical (unpaired) electrons. The van der Waals surface area contributed by atoms with Crippen molar-refractivity contribution in [3.63, 3.8) is 0 Å². The van der Waals surface area contributed by atoms with Crippen molar-refractivity contribution in [2.75, 3.05) is 23.9 Å². The van der Waals surface area contributed by atoms with Crippen LogP contribution >= 0.6 is 23.2 Å². The van der Waals surface area contributed by atoms with Crippen molar-refractivity contribution in [2.45, 2.75) is 37.5 Å². The molecule has 36 heavy (non-hydrogen) atoms. The molecule has 0 saturated heterocycles. The number of amides is 2. The molecular formula is C28H27Cl2N3O3. The first-order valence-corrected chi connectivity index (χ1v) is 12.7. The molecule has 8 heteroatoms. The van der Waals surface area contributed by atoms with Crippen LogP contribution in [-0.2, 0) is 4.74 Å². The van der Waals surface area contributed by atoms with Crippen molar-refractivity contribution in [3.05, 3.63) is 93.5 Å². The van der Waals surface area contributed by atoms with Gasteiger partial charge < -0.3 is 20.3 Å². The fraction of sp³-hybridized carbons (Fsp3) is 0.286. The summed E-state index contributed by atoms with van der Waals surface area (Å²) in [6.45, 7) is 0.428. The molecular weight excluding hydrogens is 497 g/mol. The summed E-state index contributed by atoms with van der Waals surface area (Å²) in [5, 5.41) is 7.54. The van der Waals surface area contributed by atoms with Gasteiger partial charge in [-0.3, -0.25) is 9.59 Å². The number of benzene rings is 3. The Morgan fingerprint density at radius 2 is 1.75 bits per heavy atom. The molecule has 2 amide bonds. The summed E-state index contributed by atoms with van der Waals surface area (Å²) < 4.78 is 5.77. The summed E-state index contributed by atoms with van der Waals surface area (Å²) in [5.41, 5.74) is 3.31. The number of anilines is 2. The van der Waals surface area contributed by atoms with E-state index in [1.54, 1.807) is 60.5 Å². The van der Waals surface area contributed by atoms with Crippen molar-refractivity contribution in [1.82, 2.24) is 5.32 Å². The number of nitrogens with one attached hydrogen (secondary N) is 2. The highest BCUT2D eigenvalue weighted by Crippen LogP contribution is 2.38. The summed E-state index contributed by atoms with van der Waals surface area (Å²) in [7, 11) is 1.68. The highest BCUT2D eigenvalue weighted by molar-refractivity contribution is 6.34. The number of carbonyl (C=O) groups is 2. The molecule has 3 aromatic carbocycles. The Balaban J connectivity index is 1.39. The number of rotatable bonds is 6. The molecule has 2 aliphatic rings. The molecule has 2 N–H and O–H groups in total. The third-order valence-corrected chi connectivity index (χ3v) is 7.21. The zero-order valence-corrected chi connectivity index (χ0v) is 21.4. The van der Waals surface area contributed by atoms with E-state index < -0.39 is 0 Å². The van der Waals surface area contributed by atoms with Crippen LogP contribution in [0.1, 0.15) is 51.6 Å². The molecule has 1 fully saturated rings. The standard InChI is InChI=1S/C28H27Cl2N3O3/c1-36-21-15-25(31-19-11-12-19)23-14-18(29)8-13-26(23)33(16-21)28(35)17-6-9-20(10-7-17)32-27(34)22-4-2-3-5-24(22)30/h2-10,13-14,19,21,25,31H,11-12,15-16H2,1H3,(H,32,34). The normalized spacial score (nSPS) is 19.4. The fourth-order valence-electron chi connectivity index (χ4n) is 4.57. The molecule has 2 unspecified atom stereocenters. The van der Waals surface area contributed by atoms with E-state index in [1.807, 2.05) is 18.2 Å². The van der Waals surface area contributed by atoms with Crippen molar-refractivity contribution in [2.24, 2.45) is 0 Å². The number of nitrogens with zero attached hydrogens (tertiary/aromatic N) is 1. The summed E-state index contributed by atoms with van der Waals surface area (Å²) in [4.78, 5) is 28.1. The molecule has 1 heterocycles. The molecule has 186 valence electrons. The number of hydrogen-bond donors (Lipinski definition) is 2. The van der Waals surface area contributed by atoms with E-state index in [2.05, 4.69) is 10.6 Å². The number of carbonyl (C=O) groups excluding carboxylic acids is 2. The highest BCUT2D eigenvalue weighted by Gasteiger charge is 2.35. The smallest absolute Gasteiger partial charge is 0.258 e. The van der Waals surface area contributed by atoms with Gasteiger partial charge in [0.1, 0.15) is 0 Å². The van der Waals surface area contributed by atoms with Gasteiger partial charge in [0, 0.05) is 41.2 Å². The Morgan fingerprint density at radius 3 is 2.44 bits per heavy atom. The van der Waals surface area contributed by atoms with Crippen molar-refractivity contribution in [1.29, 1.82) is 0 Å². The first kappa shape index (κ1) is 24.8. The van der Waals surface area contributed by atoms with E-state index in [4.69, 9.17) is 27.9 Å². The zero-order chi connectivity index (χ0) is 25.2. The Morgan fingerprint density at radius 1 is 1.00 bits per heavy atom. The maximum absolute atomic E-state index is 13.7. The van der Waals surface area contributed by atoms with E-state index in [0.29, 0.717) is 39.4 Å². The zero-order valence-electron chi connectivity index (χ0n) is 19.8. The van der Waals surface area contributed by atoms with Gasteiger partial charge in [-0.15, -0.1) is 0 Å². The van der Waals surface area contributed by atoms with Crippen LogP contribution in [0, 0.1) is 0 Å². The Bertz CT molecular complexity index is 1280. The van der Waals surface area contributed by atoms with E-state index in [1.165, 1.54) is 0 Å². The Labute approximate surface area is 220 Å². The Kier molecular flexibility index (Phi) is 7.30. The van der Waals surface area contributed by atoms with Crippen molar-refractivity contribution < 1.29 is 14.3 Å². The largest absolute Gasteiger partial charge is 0.380 e. The lowest BCUT2D eigenvalue weighted by molar-refractivity contribution is 0.0834. The van der Waals surface area contributed by atoms with E-state index >= 15 is 0 Å². The van der Waals surface area contributed by atoms with Crippen LogP contribution in [0.2, 0.25) is 10.0 Å². The minimum absolute atomic E-state index is 0.0522. The molecule has 0 aromatic heterocycles. The SMILES string of the molecule is COC1CC(NC2CC2)c2cc(Cl)ccc2N(C(=O)c2ccc(NC(=O)c3ccccc3Cl)cc2)C1. The summed E-state index contributed by atoms with van der Waals surface area (Å²) >= 11 is 12.5. The first-order valence-electron chi connectivity index (χ1n) is 12.0. The fourth-order valence-corrected chi connectivity index (χ4v) is 4.97. The third-order valence-electron chi connectivity index (χ3n) is 6.64. The van der Waals surface area contributed by atoms with Gasteiger partial charge in [-0.2, -0.15) is 0 Å². The number of hydrogen-bond acceptors (Lipinski definition) is 4. The van der Waals surface area contributed by atoms with E-state index in [0.717, 1.165) is 30.5 Å². The van der Waals surface area contributed by atoms with Crippen molar-refractivity contribution >= 4 is 46.4 Å². The number of halogens is 2. The molecule has 0 bridgehead atoms. The third kappa shape index (κ3) is 5.42. The summed E-state index contributed by atoms with van der Waals surface area (Å²) in [6, 6.07) is 19.9. The second kappa shape index (κ2) is 10.6. The summed E-state index contributed by atoms with van der Waals surface area (Å²) in [5.74, 6) is -0.452. The van der Waals surface area contributed by atoms with Crippen LogP contribution in [0.4, 0.5) is 11.4 Å². The topological polar surface area (TPSA) is 70.7 Å². The second-order valence-corrected chi connectivity index (χ2v) is 10.1. The minimum atomic E-state index is -0.310. The van der Waals surface area contributed by atoms with Gasteiger partial charge in [-0.05, 0) is 79.4 Å². The average Bonchev–Trinajstić information content (AvgIpc) is 3.71. The van der Waals surface area contributed by atoms with Crippen LogP contribution in [0.5, 0.6) is 0 Å². The van der Waals surface area contributed by atoms with Gasteiger partial charge in [-0.1, -0.05) is 35.3 Å². The highest BCUT2D eigenvalue weighted by atomic mass is 35.5. The average molecular weight is 524 g/mol. The summed E-state index contributed by atoms with van der Waals surface area (Å²) in [6.07, 6.45) is 2.93. The first-order chi connectivity index (χ1) is 17.4. The maximum Gasteiger partial charge on any atom is 0.258 e. The number of methoxy groups -OCH3 is 1. The van der Waals surface area contributed by atoms with Gasteiger partial charge in [-0.25, -0.2) is 0 Å². The van der Waals surface area contributed by atoms with Gasteiger partial charge in [0.15, 0.2) is 0 Å². The molecule has 1 aliphatic carbocycles. The van der Waals surface area contributed by atoms with Crippen LogP contribution < -0.4 is 15.5 Å². The quantitative estimate of drug-likeness (QED) is 0.409. The number of ether oxygens (including phenoxy) is 1. The monoisotopic (exact) mass is 523 g/mol. The molecule has 5 rings (SSSR count). The van der Waals surface area contributed by atoms with Gasteiger partial charge in [0.05, 0.1) is 23.2 Å². The lowest BCUT2D eigenvalue weighted by Gasteiger charge is -2.26. The van der Waals surface area contributed by atoms with Gasteiger partial charge in [0.25, 0.3) is 11.8 Å². The van der Waals surface area contributed by atoms with E-state index in [9.17, 15) is 9.59 Å².